The Hall–Kier alpha value is -3.18. The number of alkyl carbamates (subject to hydrolysis) is 1. The van der Waals surface area contributed by atoms with E-state index < -0.39 is 59.2 Å². The van der Waals surface area contributed by atoms with Crippen LogP contribution in [0.2, 0.25) is 0 Å². The highest BCUT2D eigenvalue weighted by Crippen LogP contribution is 2.15. The number of carbonyl (C=O) groups is 6. The summed E-state index contributed by atoms with van der Waals surface area (Å²) < 4.78 is 15.3. The Labute approximate surface area is 192 Å². The molecule has 12 nitrogen and oxygen atoms in total. The van der Waals surface area contributed by atoms with Crippen LogP contribution in [-0.4, -0.2) is 64.2 Å². The fourth-order valence-corrected chi connectivity index (χ4v) is 2.48. The Bertz CT molecular complexity index is 778. The normalized spacial score (nSPS) is 16.0. The first kappa shape index (κ1) is 27.9. The average Bonchev–Trinajstić information content (AvgIpc) is 2.93. The summed E-state index contributed by atoms with van der Waals surface area (Å²) in [7, 11) is 0. The average molecular weight is 472 g/mol. The number of hydroxylamine groups is 2. The molecule has 2 atom stereocenters. The molecule has 0 aromatic rings. The maximum atomic E-state index is 12.6. The number of imide groups is 1. The second kappa shape index (κ2) is 11.1. The molecule has 186 valence electrons. The molecule has 0 saturated carbocycles. The van der Waals surface area contributed by atoms with Crippen molar-refractivity contribution in [1.82, 2.24) is 10.4 Å². The van der Waals surface area contributed by atoms with Gasteiger partial charge in [-0.15, -0.1) is 5.06 Å². The maximum absolute atomic E-state index is 12.6. The lowest BCUT2D eigenvalue weighted by atomic mass is 10.1. The van der Waals surface area contributed by atoms with Gasteiger partial charge in [0.1, 0.15) is 17.2 Å². The molecule has 1 rings (SSSR count). The standard InChI is InChI=1S/C21H32N2O10/c1-12(17(27)33-23-14(24)9-10-15(23)25)30-18(28)13(22-19(29)32-21(5,6)7)8-11-16(26)31-20(2,3)4/h12-13H,8-11H2,1-7H3,(H,22,29)/t12-,13?/m0/s1. The lowest BCUT2D eigenvalue weighted by Crippen LogP contribution is -2.46. The number of rotatable bonds is 8. The fourth-order valence-electron chi connectivity index (χ4n) is 2.48. The summed E-state index contributed by atoms with van der Waals surface area (Å²) in [4.78, 5) is 76.8. The Balaban J connectivity index is 2.80. The number of carbonyl (C=O) groups excluding carboxylic acids is 6. The molecule has 1 aliphatic rings. The smallest absolute Gasteiger partial charge is 0.408 e. The van der Waals surface area contributed by atoms with E-state index in [2.05, 4.69) is 5.32 Å². The lowest BCUT2D eigenvalue weighted by molar-refractivity contribution is -0.205. The van der Waals surface area contributed by atoms with Crippen LogP contribution < -0.4 is 5.32 Å². The third kappa shape index (κ3) is 10.3. The minimum Gasteiger partial charge on any atom is -0.460 e. The molecule has 1 aliphatic heterocycles. The Morgan fingerprint density at radius 3 is 1.91 bits per heavy atom. The van der Waals surface area contributed by atoms with Gasteiger partial charge in [0.15, 0.2) is 6.10 Å². The largest absolute Gasteiger partial charge is 0.460 e. The third-order valence-corrected chi connectivity index (χ3v) is 3.84. The molecule has 0 radical (unpaired) electrons. The van der Waals surface area contributed by atoms with E-state index in [1.807, 2.05) is 0 Å². The van der Waals surface area contributed by atoms with Crippen molar-refractivity contribution in [3.8, 4) is 0 Å². The van der Waals surface area contributed by atoms with Crippen LogP contribution in [0.5, 0.6) is 0 Å². The predicted molar refractivity (Wildman–Crippen MR) is 111 cm³/mol. The number of nitrogens with one attached hydrogen (secondary N) is 1. The zero-order chi connectivity index (χ0) is 25.6. The van der Waals surface area contributed by atoms with Gasteiger partial charge in [0, 0.05) is 19.3 Å². The zero-order valence-corrected chi connectivity index (χ0v) is 20.0. The Morgan fingerprint density at radius 1 is 0.909 bits per heavy atom. The van der Waals surface area contributed by atoms with Gasteiger partial charge < -0.3 is 24.4 Å². The van der Waals surface area contributed by atoms with Crippen LogP contribution >= 0.6 is 0 Å². The fraction of sp³-hybridized carbons (Fsp3) is 0.714. The second-order valence-corrected chi connectivity index (χ2v) is 9.40. The van der Waals surface area contributed by atoms with E-state index in [-0.39, 0.29) is 25.7 Å². The topological polar surface area (TPSA) is 155 Å². The molecule has 1 fully saturated rings. The van der Waals surface area contributed by atoms with Gasteiger partial charge in [-0.25, -0.2) is 14.4 Å². The zero-order valence-electron chi connectivity index (χ0n) is 20.0. The van der Waals surface area contributed by atoms with E-state index in [1.165, 1.54) is 6.92 Å². The lowest BCUT2D eigenvalue weighted by Gasteiger charge is -2.24. The van der Waals surface area contributed by atoms with Crippen LogP contribution in [-0.2, 0) is 43.0 Å². The molecule has 1 heterocycles. The molecule has 3 amide bonds. The number of nitrogens with zero attached hydrogens (tertiary/aromatic N) is 1. The molecule has 1 unspecified atom stereocenters. The molecule has 0 spiro atoms. The van der Waals surface area contributed by atoms with E-state index in [9.17, 15) is 28.8 Å². The molecular weight excluding hydrogens is 440 g/mol. The van der Waals surface area contributed by atoms with E-state index in [4.69, 9.17) is 19.0 Å². The molecule has 1 N–H and O–H groups in total. The summed E-state index contributed by atoms with van der Waals surface area (Å²) in [5.74, 6) is -4.18. The van der Waals surface area contributed by atoms with E-state index in [1.54, 1.807) is 41.5 Å². The van der Waals surface area contributed by atoms with Gasteiger partial charge in [-0.2, -0.15) is 0 Å². The molecule has 12 heteroatoms. The highest BCUT2D eigenvalue weighted by atomic mass is 16.7. The summed E-state index contributed by atoms with van der Waals surface area (Å²) in [5, 5.41) is 2.63. The van der Waals surface area contributed by atoms with Crippen LogP contribution in [0.3, 0.4) is 0 Å². The van der Waals surface area contributed by atoms with E-state index >= 15 is 0 Å². The van der Waals surface area contributed by atoms with Crippen LogP contribution in [0.1, 0.15) is 74.1 Å². The summed E-state index contributed by atoms with van der Waals surface area (Å²) in [6, 6.07) is -1.35. The summed E-state index contributed by atoms with van der Waals surface area (Å²) in [6.07, 6.45) is -3.06. The SMILES string of the molecule is C[C@H](OC(=O)C(CCC(=O)OC(C)(C)C)NC(=O)OC(C)(C)C)C(=O)ON1C(=O)CCC1=O. The van der Waals surface area contributed by atoms with Crippen molar-refractivity contribution >= 4 is 35.8 Å². The van der Waals surface area contributed by atoms with Gasteiger partial charge in [0.2, 0.25) is 0 Å². The van der Waals surface area contributed by atoms with Crippen molar-refractivity contribution in [2.45, 2.75) is 97.5 Å². The summed E-state index contributed by atoms with van der Waals surface area (Å²) in [6.45, 7) is 11.1. The van der Waals surface area contributed by atoms with Crippen molar-refractivity contribution in [3.63, 3.8) is 0 Å². The molecule has 33 heavy (non-hydrogen) atoms. The van der Waals surface area contributed by atoms with E-state index in [0.29, 0.717) is 5.06 Å². The van der Waals surface area contributed by atoms with Gasteiger partial charge in [0.25, 0.3) is 11.8 Å². The van der Waals surface area contributed by atoms with Crippen LogP contribution in [0.4, 0.5) is 4.79 Å². The van der Waals surface area contributed by atoms with Crippen LogP contribution in [0.15, 0.2) is 0 Å². The number of amides is 3. The van der Waals surface area contributed by atoms with Crippen LogP contribution in [0, 0.1) is 0 Å². The van der Waals surface area contributed by atoms with Crippen molar-refractivity contribution in [2.24, 2.45) is 0 Å². The second-order valence-electron chi connectivity index (χ2n) is 9.40. The molecule has 0 bridgehead atoms. The van der Waals surface area contributed by atoms with Crippen molar-refractivity contribution in [3.05, 3.63) is 0 Å². The monoisotopic (exact) mass is 472 g/mol. The van der Waals surface area contributed by atoms with Gasteiger partial charge in [-0.3, -0.25) is 14.4 Å². The van der Waals surface area contributed by atoms with Gasteiger partial charge >= 0.3 is 24.0 Å². The highest BCUT2D eigenvalue weighted by molar-refractivity contribution is 6.01. The number of hydrogen-bond acceptors (Lipinski definition) is 10. The predicted octanol–water partition coefficient (Wildman–Crippen LogP) is 1.54. The number of hydrogen-bond donors (Lipinski definition) is 1. The third-order valence-electron chi connectivity index (χ3n) is 3.84. The first-order valence-electron chi connectivity index (χ1n) is 10.5. The van der Waals surface area contributed by atoms with Crippen molar-refractivity contribution in [1.29, 1.82) is 0 Å². The Kier molecular flexibility index (Phi) is 9.37. The first-order valence-corrected chi connectivity index (χ1v) is 10.5. The molecule has 0 aromatic heterocycles. The quantitative estimate of drug-likeness (QED) is 0.312. The molecule has 1 saturated heterocycles. The summed E-state index contributed by atoms with van der Waals surface area (Å²) >= 11 is 0. The maximum Gasteiger partial charge on any atom is 0.408 e. The highest BCUT2D eigenvalue weighted by Gasteiger charge is 2.36. The van der Waals surface area contributed by atoms with Crippen LogP contribution in [0.25, 0.3) is 0 Å². The molecule has 0 aliphatic carbocycles. The van der Waals surface area contributed by atoms with Gasteiger partial charge in [-0.05, 0) is 54.9 Å². The van der Waals surface area contributed by atoms with E-state index in [0.717, 1.165) is 0 Å². The molecule has 0 aromatic carbocycles. The minimum atomic E-state index is -1.51. The number of esters is 2. The number of ether oxygens (including phenoxy) is 3. The van der Waals surface area contributed by atoms with Gasteiger partial charge in [-0.1, -0.05) is 0 Å². The van der Waals surface area contributed by atoms with Gasteiger partial charge in [0.05, 0.1) is 0 Å². The Morgan fingerprint density at radius 2 is 1.42 bits per heavy atom. The molecular formula is C21H32N2O10. The van der Waals surface area contributed by atoms with Crippen molar-refractivity contribution < 1.29 is 47.8 Å². The first-order chi connectivity index (χ1) is 15.0. The summed E-state index contributed by atoms with van der Waals surface area (Å²) in [5.41, 5.74) is -1.59. The van der Waals surface area contributed by atoms with Crippen molar-refractivity contribution in [2.75, 3.05) is 0 Å². The minimum absolute atomic E-state index is 0.0904.